The molecule has 1 rings (SSSR count). The molecule has 0 saturated carbocycles. The average molecular weight is 299 g/mol. The van der Waals surface area contributed by atoms with Crippen molar-refractivity contribution in [2.24, 2.45) is 0 Å². The van der Waals surface area contributed by atoms with E-state index in [2.05, 4.69) is 64.4 Å². The first-order chi connectivity index (χ1) is 8.19. The molecule has 0 aliphatic heterocycles. The maximum absolute atomic E-state index is 3.61. The van der Waals surface area contributed by atoms with Crippen molar-refractivity contribution < 1.29 is 0 Å². The highest BCUT2D eigenvalue weighted by Gasteiger charge is 2.13. The van der Waals surface area contributed by atoms with E-state index in [-0.39, 0.29) is 0 Å². The van der Waals surface area contributed by atoms with E-state index in [0.717, 1.165) is 13.1 Å². The van der Waals surface area contributed by atoms with Crippen LogP contribution in [0.3, 0.4) is 0 Å². The summed E-state index contributed by atoms with van der Waals surface area (Å²) < 4.78 is 1.20. The van der Waals surface area contributed by atoms with E-state index in [0.29, 0.717) is 6.04 Å². The lowest BCUT2D eigenvalue weighted by Crippen LogP contribution is -2.38. The molecular weight excluding hydrogens is 276 g/mol. The molecule has 1 unspecified atom stereocenters. The molecule has 0 aliphatic rings. The van der Waals surface area contributed by atoms with Crippen LogP contribution >= 0.6 is 15.9 Å². The van der Waals surface area contributed by atoms with Gasteiger partial charge in [0.2, 0.25) is 0 Å². The van der Waals surface area contributed by atoms with Crippen LogP contribution in [0.1, 0.15) is 25.3 Å². The minimum Gasteiger partial charge on any atom is -0.318 e. The first kappa shape index (κ1) is 14.7. The fraction of sp³-hybridized carbons (Fsp3) is 0.571. The molecule has 0 fully saturated rings. The Morgan fingerprint density at radius 1 is 1.35 bits per heavy atom. The molecule has 0 heterocycles. The summed E-state index contributed by atoms with van der Waals surface area (Å²) >= 11 is 3.61. The number of nitrogens with zero attached hydrogens (tertiary/aromatic N) is 1. The van der Waals surface area contributed by atoms with Gasteiger partial charge in [0.1, 0.15) is 0 Å². The summed E-state index contributed by atoms with van der Waals surface area (Å²) in [5.74, 6) is 0. The fourth-order valence-corrected chi connectivity index (χ4v) is 2.48. The third-order valence-corrected chi connectivity index (χ3v) is 3.84. The van der Waals surface area contributed by atoms with Gasteiger partial charge in [-0.05, 0) is 32.1 Å². The van der Waals surface area contributed by atoms with E-state index in [1.54, 1.807) is 0 Å². The Bertz CT molecular complexity index is 322. The quantitative estimate of drug-likeness (QED) is 0.831. The van der Waals surface area contributed by atoms with Gasteiger partial charge in [-0.25, -0.2) is 0 Å². The summed E-state index contributed by atoms with van der Waals surface area (Å²) in [6, 6.07) is 9.06. The van der Waals surface area contributed by atoms with Crippen LogP contribution in [0.5, 0.6) is 0 Å². The van der Waals surface area contributed by atoms with Gasteiger partial charge in [-0.1, -0.05) is 47.5 Å². The average Bonchev–Trinajstić information content (AvgIpc) is 2.32. The molecule has 0 aliphatic carbocycles. The number of nitrogens with one attached hydrogen (secondary N) is 1. The summed E-state index contributed by atoms with van der Waals surface area (Å²) in [5, 5.41) is 3.28. The summed E-state index contributed by atoms with van der Waals surface area (Å²) in [5.41, 5.74) is 1.35. The lowest BCUT2D eigenvalue weighted by atomic mass is 10.1. The zero-order chi connectivity index (χ0) is 12.7. The standard InChI is InChI=1S/C14H23BrN2/c1-4-7-13(10-16-2)17(3)11-12-8-5-6-9-14(12)15/h5-6,8-9,13,16H,4,7,10-11H2,1-3H3. The number of hydrogen-bond acceptors (Lipinski definition) is 2. The van der Waals surface area contributed by atoms with E-state index >= 15 is 0 Å². The van der Waals surface area contributed by atoms with Crippen molar-refractivity contribution in [3.8, 4) is 0 Å². The fourth-order valence-electron chi connectivity index (χ4n) is 2.07. The van der Waals surface area contributed by atoms with Gasteiger partial charge in [0.05, 0.1) is 0 Å². The Morgan fingerprint density at radius 3 is 2.65 bits per heavy atom. The van der Waals surface area contributed by atoms with Crippen molar-refractivity contribution in [2.75, 3.05) is 20.6 Å². The lowest BCUT2D eigenvalue weighted by molar-refractivity contribution is 0.217. The largest absolute Gasteiger partial charge is 0.318 e. The van der Waals surface area contributed by atoms with Crippen LogP contribution in [0, 0.1) is 0 Å². The summed E-state index contributed by atoms with van der Waals surface area (Å²) in [7, 11) is 4.23. The Balaban J connectivity index is 2.62. The first-order valence-electron chi connectivity index (χ1n) is 6.27. The van der Waals surface area contributed by atoms with Crippen molar-refractivity contribution in [3.05, 3.63) is 34.3 Å². The van der Waals surface area contributed by atoms with Crippen molar-refractivity contribution in [3.63, 3.8) is 0 Å². The zero-order valence-corrected chi connectivity index (χ0v) is 12.6. The van der Waals surface area contributed by atoms with Gasteiger partial charge >= 0.3 is 0 Å². The van der Waals surface area contributed by atoms with E-state index in [9.17, 15) is 0 Å². The molecule has 0 spiro atoms. The van der Waals surface area contributed by atoms with Gasteiger partial charge in [0, 0.05) is 23.6 Å². The highest BCUT2D eigenvalue weighted by atomic mass is 79.9. The monoisotopic (exact) mass is 298 g/mol. The van der Waals surface area contributed by atoms with Crippen LogP contribution in [0.4, 0.5) is 0 Å². The normalized spacial score (nSPS) is 13.0. The molecule has 0 bridgehead atoms. The summed E-state index contributed by atoms with van der Waals surface area (Å²) in [4.78, 5) is 2.43. The van der Waals surface area contributed by atoms with Crippen molar-refractivity contribution in [2.45, 2.75) is 32.4 Å². The van der Waals surface area contributed by atoms with E-state index in [1.165, 1.54) is 22.9 Å². The molecule has 1 N–H and O–H groups in total. The molecule has 17 heavy (non-hydrogen) atoms. The van der Waals surface area contributed by atoms with Crippen molar-refractivity contribution in [1.82, 2.24) is 10.2 Å². The maximum atomic E-state index is 3.61. The zero-order valence-electron chi connectivity index (χ0n) is 11.0. The topological polar surface area (TPSA) is 15.3 Å². The molecule has 0 aromatic heterocycles. The molecule has 1 aromatic rings. The minimum atomic E-state index is 0.608. The van der Waals surface area contributed by atoms with Crippen LogP contribution in [-0.2, 0) is 6.54 Å². The second-order valence-electron chi connectivity index (χ2n) is 4.51. The highest BCUT2D eigenvalue weighted by molar-refractivity contribution is 9.10. The van der Waals surface area contributed by atoms with E-state index < -0.39 is 0 Å². The molecule has 0 amide bonds. The Hall–Kier alpha value is -0.380. The number of benzene rings is 1. The predicted molar refractivity (Wildman–Crippen MR) is 78.2 cm³/mol. The van der Waals surface area contributed by atoms with Crippen LogP contribution in [-0.4, -0.2) is 31.6 Å². The van der Waals surface area contributed by atoms with Crippen LogP contribution in [0.15, 0.2) is 28.7 Å². The number of rotatable bonds is 7. The van der Waals surface area contributed by atoms with Crippen molar-refractivity contribution >= 4 is 15.9 Å². The number of likely N-dealkylation sites (N-methyl/N-ethyl adjacent to an activating group) is 2. The molecule has 2 nitrogen and oxygen atoms in total. The molecule has 1 atom stereocenters. The smallest absolute Gasteiger partial charge is 0.0245 e. The summed E-state index contributed by atoms with van der Waals surface area (Å²) in [6.07, 6.45) is 2.47. The Kier molecular flexibility index (Phi) is 6.78. The molecule has 0 saturated heterocycles. The Labute approximate surface area is 114 Å². The maximum Gasteiger partial charge on any atom is 0.0245 e. The van der Waals surface area contributed by atoms with E-state index in [1.807, 2.05) is 7.05 Å². The molecule has 1 aromatic carbocycles. The lowest BCUT2D eigenvalue weighted by Gasteiger charge is -2.28. The molecular formula is C14H23BrN2. The van der Waals surface area contributed by atoms with Crippen LogP contribution in [0.25, 0.3) is 0 Å². The Morgan fingerprint density at radius 2 is 2.06 bits per heavy atom. The van der Waals surface area contributed by atoms with Crippen molar-refractivity contribution in [1.29, 1.82) is 0 Å². The minimum absolute atomic E-state index is 0.608. The van der Waals surface area contributed by atoms with Gasteiger partial charge in [-0.3, -0.25) is 4.90 Å². The van der Waals surface area contributed by atoms with Gasteiger partial charge in [-0.2, -0.15) is 0 Å². The van der Waals surface area contributed by atoms with Crippen LogP contribution < -0.4 is 5.32 Å². The SMILES string of the molecule is CCCC(CNC)N(C)Cc1ccccc1Br. The van der Waals surface area contributed by atoms with Gasteiger partial charge in [-0.15, -0.1) is 0 Å². The second-order valence-corrected chi connectivity index (χ2v) is 5.36. The first-order valence-corrected chi connectivity index (χ1v) is 7.06. The third-order valence-electron chi connectivity index (χ3n) is 3.06. The van der Waals surface area contributed by atoms with Crippen LogP contribution in [0.2, 0.25) is 0 Å². The third kappa shape index (κ3) is 4.78. The highest BCUT2D eigenvalue weighted by Crippen LogP contribution is 2.18. The predicted octanol–water partition coefficient (Wildman–Crippen LogP) is 3.27. The van der Waals surface area contributed by atoms with Gasteiger partial charge in [0.15, 0.2) is 0 Å². The number of halogens is 1. The number of hydrogen-bond donors (Lipinski definition) is 1. The second kappa shape index (κ2) is 7.85. The van der Waals surface area contributed by atoms with Gasteiger partial charge in [0.25, 0.3) is 0 Å². The molecule has 3 heteroatoms. The molecule has 0 radical (unpaired) electrons. The van der Waals surface area contributed by atoms with Gasteiger partial charge < -0.3 is 5.32 Å². The molecule has 96 valence electrons. The van der Waals surface area contributed by atoms with E-state index in [4.69, 9.17) is 0 Å². The summed E-state index contributed by atoms with van der Waals surface area (Å²) in [6.45, 7) is 4.29.